The molecule has 0 spiro atoms. The second-order valence-electron chi connectivity index (χ2n) is 9.06. The summed E-state index contributed by atoms with van der Waals surface area (Å²) in [5.74, 6) is 2.53. The molecule has 5 nitrogen and oxygen atoms in total. The fourth-order valence-electron chi connectivity index (χ4n) is 5.94. The first-order valence-corrected chi connectivity index (χ1v) is 13.3. The fraction of sp³-hybridized carbons (Fsp3) is 0.360. The van der Waals surface area contributed by atoms with Crippen molar-refractivity contribution in [1.29, 1.82) is 0 Å². The smallest absolute Gasteiger partial charge is 0.305 e. The van der Waals surface area contributed by atoms with E-state index < -0.39 is 0 Å². The normalized spacial score (nSPS) is 27.1. The van der Waals surface area contributed by atoms with E-state index in [4.69, 9.17) is 16.3 Å². The fourth-order valence-corrected chi connectivity index (χ4v) is 8.95. The van der Waals surface area contributed by atoms with Gasteiger partial charge >= 0.3 is 4.87 Å². The molecule has 0 unspecified atom stereocenters. The topological polar surface area (TPSA) is 71.2 Å². The highest BCUT2D eigenvalue weighted by molar-refractivity contribution is 8.00. The highest BCUT2D eigenvalue weighted by Crippen LogP contribution is 2.64. The highest BCUT2D eigenvalue weighted by Gasteiger charge is 2.55. The predicted molar refractivity (Wildman–Crippen MR) is 133 cm³/mol. The molecule has 8 heteroatoms. The van der Waals surface area contributed by atoms with Gasteiger partial charge < -0.3 is 15.0 Å². The van der Waals surface area contributed by atoms with Crippen molar-refractivity contribution in [2.45, 2.75) is 35.5 Å². The highest BCUT2D eigenvalue weighted by atomic mass is 35.5. The van der Waals surface area contributed by atoms with Gasteiger partial charge in [-0.3, -0.25) is 9.59 Å². The third kappa shape index (κ3) is 3.90. The van der Waals surface area contributed by atoms with Gasteiger partial charge in [-0.05, 0) is 67.3 Å². The number of hydrogen-bond acceptors (Lipinski definition) is 5. The molecule has 1 aliphatic heterocycles. The summed E-state index contributed by atoms with van der Waals surface area (Å²) in [5, 5.41) is 5.03. The van der Waals surface area contributed by atoms with Crippen LogP contribution in [0.3, 0.4) is 0 Å². The van der Waals surface area contributed by atoms with Crippen LogP contribution in [0.25, 0.3) is 0 Å². The minimum Gasteiger partial charge on any atom is -0.483 e. The Morgan fingerprint density at radius 2 is 1.91 bits per heavy atom. The molecule has 2 aromatic carbocycles. The number of thioether (sulfide) groups is 1. The van der Waals surface area contributed by atoms with Gasteiger partial charge in [0, 0.05) is 32.3 Å². The third-order valence-corrected chi connectivity index (χ3v) is 10.1. The minimum absolute atomic E-state index is 0.00515. The van der Waals surface area contributed by atoms with Gasteiger partial charge in [-0.2, -0.15) is 0 Å². The summed E-state index contributed by atoms with van der Waals surface area (Å²) in [5.41, 5.74) is 1.76. The molecule has 2 N–H and O–H groups in total. The van der Waals surface area contributed by atoms with Crippen LogP contribution in [0.1, 0.15) is 35.6 Å². The van der Waals surface area contributed by atoms with Crippen LogP contribution in [-0.4, -0.2) is 22.7 Å². The minimum atomic E-state index is -0.226. The van der Waals surface area contributed by atoms with Crippen molar-refractivity contribution < 1.29 is 9.53 Å². The van der Waals surface area contributed by atoms with Gasteiger partial charge in [0.15, 0.2) is 6.61 Å². The van der Waals surface area contributed by atoms with E-state index in [0.717, 1.165) is 21.4 Å². The Bertz CT molecular complexity index is 1260. The molecule has 2 aliphatic carbocycles. The summed E-state index contributed by atoms with van der Waals surface area (Å²) in [4.78, 5) is 29.0. The zero-order valence-corrected chi connectivity index (χ0v) is 20.1. The molecule has 2 bridgehead atoms. The lowest BCUT2D eigenvalue weighted by molar-refractivity contribution is -0.118. The third-order valence-electron chi connectivity index (χ3n) is 7.21. The molecular weight excluding hydrogens is 476 g/mol. The summed E-state index contributed by atoms with van der Waals surface area (Å²) in [7, 11) is 0. The molecule has 1 amide bonds. The number of rotatable bonds is 5. The number of carbonyl (C=O) groups excluding carboxylic acids is 1. The van der Waals surface area contributed by atoms with Crippen molar-refractivity contribution >= 4 is 46.3 Å². The number of thiazole rings is 1. The number of aromatic amines is 1. The van der Waals surface area contributed by atoms with Crippen molar-refractivity contribution in [3.05, 3.63) is 73.7 Å². The molecular formula is C25H23ClN2O3S2. The molecule has 2 saturated carbocycles. The van der Waals surface area contributed by atoms with E-state index >= 15 is 0 Å². The number of para-hydroxylation sites is 1. The molecule has 1 aromatic heterocycles. The Morgan fingerprint density at radius 3 is 2.76 bits per heavy atom. The average Bonchev–Trinajstić information content (AvgIpc) is 3.52. The number of halogens is 1. The van der Waals surface area contributed by atoms with E-state index in [0.29, 0.717) is 33.5 Å². The number of nitrogens with one attached hydrogen (secondary N) is 2. The molecule has 0 radical (unpaired) electrons. The van der Waals surface area contributed by atoms with Crippen molar-refractivity contribution in [1.82, 2.24) is 4.98 Å². The van der Waals surface area contributed by atoms with Crippen molar-refractivity contribution in [3.8, 4) is 5.75 Å². The number of carbonyl (C=O) groups is 1. The molecule has 2 heterocycles. The maximum Gasteiger partial charge on any atom is 0.305 e. The average molecular weight is 499 g/mol. The van der Waals surface area contributed by atoms with Gasteiger partial charge in [0.25, 0.3) is 5.91 Å². The lowest BCUT2D eigenvalue weighted by atomic mass is 9.74. The van der Waals surface area contributed by atoms with Crippen LogP contribution >= 0.6 is 34.7 Å². The molecule has 170 valence electrons. The molecule has 2 fully saturated rings. The van der Waals surface area contributed by atoms with Gasteiger partial charge in [0.2, 0.25) is 0 Å². The summed E-state index contributed by atoms with van der Waals surface area (Å²) in [6.45, 7) is -0.0858. The monoisotopic (exact) mass is 498 g/mol. The van der Waals surface area contributed by atoms with Gasteiger partial charge in [-0.15, -0.1) is 11.8 Å². The zero-order chi connectivity index (χ0) is 22.5. The SMILES string of the molecule is O=C(COc1ccccc1[C@@H]1c2sc(=O)[nH]c2S[C@H]2[C@@H]3CC[C@H](C3)[C@H]12)Nc1ccc(Cl)cc1. The summed E-state index contributed by atoms with van der Waals surface area (Å²) < 4.78 is 6.07. The largest absolute Gasteiger partial charge is 0.483 e. The van der Waals surface area contributed by atoms with Crippen LogP contribution < -0.4 is 14.9 Å². The van der Waals surface area contributed by atoms with Crippen molar-refractivity contribution in [2.75, 3.05) is 11.9 Å². The first kappa shape index (κ1) is 21.3. The second-order valence-corrected chi connectivity index (χ2v) is 11.7. The van der Waals surface area contributed by atoms with Gasteiger partial charge in [-0.1, -0.05) is 41.1 Å². The number of amides is 1. The van der Waals surface area contributed by atoms with Crippen LogP contribution in [-0.2, 0) is 4.79 Å². The van der Waals surface area contributed by atoms with Crippen LogP contribution in [0.4, 0.5) is 5.69 Å². The number of H-pyrrole nitrogens is 1. The number of benzene rings is 2. The van der Waals surface area contributed by atoms with E-state index in [1.54, 1.807) is 24.3 Å². The molecule has 3 aromatic rings. The van der Waals surface area contributed by atoms with E-state index in [1.165, 1.54) is 30.6 Å². The Balaban J connectivity index is 1.28. The Labute approximate surface area is 204 Å². The number of ether oxygens (including phenoxy) is 1. The Morgan fingerprint density at radius 1 is 1.12 bits per heavy atom. The molecule has 0 saturated heterocycles. The number of hydrogen-bond donors (Lipinski definition) is 2. The van der Waals surface area contributed by atoms with E-state index in [-0.39, 0.29) is 23.3 Å². The maximum absolute atomic E-state index is 12.5. The van der Waals surface area contributed by atoms with Crippen LogP contribution in [0.2, 0.25) is 5.02 Å². The number of fused-ring (bicyclic) bond motifs is 6. The lowest BCUT2D eigenvalue weighted by Gasteiger charge is -2.40. The zero-order valence-electron chi connectivity index (χ0n) is 17.8. The summed E-state index contributed by atoms with van der Waals surface area (Å²) in [6, 6.07) is 15.0. The molecule has 5 atom stereocenters. The molecule has 33 heavy (non-hydrogen) atoms. The first-order valence-electron chi connectivity index (χ1n) is 11.2. The van der Waals surface area contributed by atoms with Gasteiger partial charge in [-0.25, -0.2) is 0 Å². The van der Waals surface area contributed by atoms with Crippen LogP contribution in [0.5, 0.6) is 5.75 Å². The molecule has 3 aliphatic rings. The Kier molecular flexibility index (Phi) is 5.51. The van der Waals surface area contributed by atoms with Gasteiger partial charge in [0.1, 0.15) is 5.75 Å². The van der Waals surface area contributed by atoms with Crippen LogP contribution in [0, 0.1) is 17.8 Å². The van der Waals surface area contributed by atoms with E-state index in [2.05, 4.69) is 16.4 Å². The van der Waals surface area contributed by atoms with Crippen molar-refractivity contribution in [3.63, 3.8) is 0 Å². The van der Waals surface area contributed by atoms with E-state index in [1.807, 2.05) is 30.0 Å². The van der Waals surface area contributed by atoms with Gasteiger partial charge in [0.05, 0.1) is 5.03 Å². The predicted octanol–water partition coefficient (Wildman–Crippen LogP) is 5.76. The van der Waals surface area contributed by atoms with Crippen molar-refractivity contribution in [2.24, 2.45) is 17.8 Å². The quantitative estimate of drug-likeness (QED) is 0.469. The maximum atomic E-state index is 12.5. The summed E-state index contributed by atoms with van der Waals surface area (Å²) in [6.07, 6.45) is 3.84. The summed E-state index contributed by atoms with van der Waals surface area (Å²) >= 11 is 9.12. The Hall–Kier alpha value is -2.22. The number of anilines is 1. The van der Waals surface area contributed by atoms with Crippen LogP contribution in [0.15, 0.2) is 58.4 Å². The lowest BCUT2D eigenvalue weighted by Crippen LogP contribution is -2.34. The van der Waals surface area contributed by atoms with E-state index in [9.17, 15) is 9.59 Å². The number of aromatic nitrogens is 1. The second kappa shape index (κ2) is 8.53. The molecule has 6 rings (SSSR count). The standard InChI is InChI=1S/C25H23ClN2O3S2/c26-15-7-9-16(10-8-15)27-19(29)12-31-18-4-2-1-3-17(18)21-20-13-5-6-14(11-13)22(20)32-24-23(21)33-25(30)28-24/h1-4,7-10,13-14,20-22H,5-6,11-12H2,(H,27,29)(H,28,30)/t13-,14-,20-,21+,22+/m1/s1. The first-order chi connectivity index (χ1) is 16.1.